The highest BCUT2D eigenvalue weighted by Crippen LogP contribution is 2.19. The van der Waals surface area contributed by atoms with Crippen molar-refractivity contribution in [1.29, 1.82) is 0 Å². The third kappa shape index (κ3) is 14.9. The van der Waals surface area contributed by atoms with E-state index in [2.05, 4.69) is 38.2 Å². The van der Waals surface area contributed by atoms with Crippen molar-refractivity contribution in [3.63, 3.8) is 0 Å². The van der Waals surface area contributed by atoms with Crippen molar-refractivity contribution < 1.29 is 14.3 Å². The van der Waals surface area contributed by atoms with Crippen LogP contribution in [-0.4, -0.2) is 37.4 Å². The summed E-state index contributed by atoms with van der Waals surface area (Å²) in [7, 11) is 0. The van der Waals surface area contributed by atoms with Gasteiger partial charge in [-0.1, -0.05) is 123 Å². The van der Waals surface area contributed by atoms with E-state index >= 15 is 0 Å². The Labute approximate surface area is 205 Å². The molecule has 0 radical (unpaired) electrons. The number of amides is 1. The second-order valence-corrected chi connectivity index (χ2v) is 10.1. The third-order valence-corrected chi connectivity index (χ3v) is 7.06. The Kier molecular flexibility index (Phi) is 18.7. The minimum absolute atomic E-state index is 0.0144. The van der Waals surface area contributed by atoms with Crippen molar-refractivity contribution in [3.05, 3.63) is 12.2 Å². The lowest BCUT2D eigenvalue weighted by molar-refractivity contribution is -0.131. The van der Waals surface area contributed by atoms with Gasteiger partial charge in [0.2, 0.25) is 5.91 Å². The maximum atomic E-state index is 13.0. The number of rotatable bonds is 16. The summed E-state index contributed by atoms with van der Waals surface area (Å²) in [5, 5.41) is 3.25. The molecule has 0 spiro atoms. The number of carbonyl (C=O) groups excluding carboxylic acids is 1. The van der Waals surface area contributed by atoms with Gasteiger partial charge in [-0.05, 0) is 19.8 Å². The average molecular weight is 466 g/mol. The van der Waals surface area contributed by atoms with Crippen LogP contribution in [0.2, 0.25) is 0 Å². The first-order valence-electron chi connectivity index (χ1n) is 14.3. The van der Waals surface area contributed by atoms with Crippen LogP contribution in [0.15, 0.2) is 12.2 Å². The van der Waals surface area contributed by atoms with E-state index in [4.69, 9.17) is 9.47 Å². The fourth-order valence-corrected chi connectivity index (χ4v) is 4.67. The summed E-state index contributed by atoms with van der Waals surface area (Å²) in [4.78, 5) is 13.0. The summed E-state index contributed by atoms with van der Waals surface area (Å²) in [5.41, 5.74) is 0. The van der Waals surface area contributed by atoms with Crippen molar-refractivity contribution in [1.82, 2.24) is 5.32 Å². The molecule has 1 amide bonds. The molecule has 1 N–H and O–H groups in total. The Morgan fingerprint density at radius 3 is 1.64 bits per heavy atom. The van der Waals surface area contributed by atoms with E-state index in [-0.39, 0.29) is 30.1 Å². The minimum Gasteiger partial charge on any atom is -0.373 e. The predicted octanol–water partition coefficient (Wildman–Crippen LogP) is 7.75. The number of carbonyl (C=O) groups is 1. The Morgan fingerprint density at radius 1 is 0.697 bits per heavy atom. The standard InChI is InChI=1S/C29H55NO3/c1-5-7-9-11-13-15-17-21-27-25(3)29(31)30-26(4)28(33-24-20-19-23-32-27)22-18-16-14-12-10-8-6-2/h19-20,25-28H,5-18,21-24H2,1-4H3,(H,30,31)/b20-19-/t25-,26-,27+,28+/m0/s1. The van der Waals surface area contributed by atoms with E-state index < -0.39 is 0 Å². The summed E-state index contributed by atoms with van der Waals surface area (Å²) in [5.74, 6) is -0.0345. The number of hydrogen-bond acceptors (Lipinski definition) is 3. The topological polar surface area (TPSA) is 47.6 Å². The van der Waals surface area contributed by atoms with Crippen molar-refractivity contribution in [3.8, 4) is 0 Å². The van der Waals surface area contributed by atoms with Crippen LogP contribution in [0.5, 0.6) is 0 Å². The van der Waals surface area contributed by atoms with Crippen LogP contribution in [0.4, 0.5) is 0 Å². The second kappa shape index (κ2) is 20.5. The zero-order chi connectivity index (χ0) is 24.2. The highest BCUT2D eigenvalue weighted by atomic mass is 16.5. The SMILES string of the molecule is CCCCCCCCC[C@H]1OC/C=C\CO[C@H](CCCCCCCCC)[C@H](C)C(=O)N[C@H]1C. The normalized spacial score (nSPS) is 25.8. The molecule has 194 valence electrons. The van der Waals surface area contributed by atoms with Crippen molar-refractivity contribution >= 4 is 5.91 Å². The summed E-state index contributed by atoms with van der Waals surface area (Å²) in [6, 6.07) is 0.0204. The monoisotopic (exact) mass is 465 g/mol. The van der Waals surface area contributed by atoms with Gasteiger partial charge >= 0.3 is 0 Å². The lowest BCUT2D eigenvalue weighted by Gasteiger charge is -2.29. The summed E-state index contributed by atoms with van der Waals surface area (Å²) < 4.78 is 12.3. The molecule has 4 heteroatoms. The van der Waals surface area contributed by atoms with E-state index in [1.54, 1.807) is 0 Å². The van der Waals surface area contributed by atoms with E-state index in [0.29, 0.717) is 13.2 Å². The lowest BCUT2D eigenvalue weighted by Crippen LogP contribution is -2.47. The first-order chi connectivity index (χ1) is 16.1. The number of hydrogen-bond donors (Lipinski definition) is 1. The summed E-state index contributed by atoms with van der Waals surface area (Å²) in [6.07, 6.45) is 24.2. The fraction of sp³-hybridized carbons (Fsp3) is 0.897. The molecule has 0 bridgehead atoms. The van der Waals surface area contributed by atoms with Crippen LogP contribution in [0.1, 0.15) is 130 Å². The molecule has 0 unspecified atom stereocenters. The molecular formula is C29H55NO3. The summed E-state index contributed by atoms with van der Waals surface area (Å²) >= 11 is 0. The van der Waals surface area contributed by atoms with Crippen LogP contribution in [0, 0.1) is 5.92 Å². The molecule has 0 aromatic heterocycles. The number of nitrogens with one attached hydrogen (secondary N) is 1. The molecule has 0 aromatic carbocycles. The molecule has 4 atom stereocenters. The van der Waals surface area contributed by atoms with Crippen molar-refractivity contribution in [2.45, 2.75) is 149 Å². The van der Waals surface area contributed by atoms with Crippen molar-refractivity contribution in [2.24, 2.45) is 5.92 Å². The van der Waals surface area contributed by atoms with Crippen LogP contribution in [0.25, 0.3) is 0 Å². The first kappa shape index (κ1) is 30.2. The maximum absolute atomic E-state index is 13.0. The fourth-order valence-electron chi connectivity index (χ4n) is 4.67. The van der Waals surface area contributed by atoms with Crippen LogP contribution in [0.3, 0.4) is 0 Å². The quantitative estimate of drug-likeness (QED) is 0.187. The van der Waals surface area contributed by atoms with Crippen molar-refractivity contribution in [2.75, 3.05) is 13.2 Å². The van der Waals surface area contributed by atoms with E-state index in [1.807, 2.05) is 6.92 Å². The molecular weight excluding hydrogens is 410 g/mol. The Balaban J connectivity index is 2.48. The van der Waals surface area contributed by atoms with Crippen LogP contribution in [-0.2, 0) is 14.3 Å². The zero-order valence-electron chi connectivity index (χ0n) is 22.4. The highest BCUT2D eigenvalue weighted by Gasteiger charge is 2.28. The molecule has 0 saturated heterocycles. The Morgan fingerprint density at radius 2 is 1.12 bits per heavy atom. The van der Waals surface area contributed by atoms with E-state index in [0.717, 1.165) is 19.3 Å². The highest BCUT2D eigenvalue weighted by molar-refractivity contribution is 5.79. The molecule has 1 aliphatic rings. The van der Waals surface area contributed by atoms with Gasteiger partial charge in [0.15, 0.2) is 0 Å². The number of ether oxygens (including phenoxy) is 2. The Hall–Kier alpha value is -0.870. The molecule has 0 fully saturated rings. The zero-order valence-corrected chi connectivity index (χ0v) is 22.4. The molecule has 1 heterocycles. The van der Waals surface area contributed by atoms with Gasteiger partial charge in [0, 0.05) is 0 Å². The van der Waals surface area contributed by atoms with Gasteiger partial charge in [-0.3, -0.25) is 4.79 Å². The number of unbranched alkanes of at least 4 members (excludes halogenated alkanes) is 12. The molecule has 33 heavy (non-hydrogen) atoms. The Bertz CT molecular complexity index is 493. The summed E-state index contributed by atoms with van der Waals surface area (Å²) in [6.45, 7) is 9.78. The van der Waals surface area contributed by atoms with Gasteiger partial charge < -0.3 is 14.8 Å². The molecule has 1 rings (SSSR count). The van der Waals surface area contributed by atoms with E-state index in [1.165, 1.54) is 83.5 Å². The van der Waals surface area contributed by atoms with Crippen LogP contribution >= 0.6 is 0 Å². The maximum Gasteiger partial charge on any atom is 0.225 e. The van der Waals surface area contributed by atoms with Gasteiger partial charge in [-0.15, -0.1) is 0 Å². The molecule has 4 nitrogen and oxygen atoms in total. The van der Waals surface area contributed by atoms with Crippen LogP contribution < -0.4 is 5.32 Å². The van der Waals surface area contributed by atoms with E-state index in [9.17, 15) is 4.79 Å². The first-order valence-corrected chi connectivity index (χ1v) is 14.3. The lowest BCUT2D eigenvalue weighted by atomic mass is 9.96. The molecule has 0 saturated carbocycles. The third-order valence-electron chi connectivity index (χ3n) is 7.06. The molecule has 0 aromatic rings. The minimum atomic E-state index is -0.139. The smallest absolute Gasteiger partial charge is 0.225 e. The predicted molar refractivity (Wildman–Crippen MR) is 141 cm³/mol. The van der Waals surface area contributed by atoms with Gasteiger partial charge in [0.05, 0.1) is 37.4 Å². The van der Waals surface area contributed by atoms with Gasteiger partial charge in [-0.2, -0.15) is 0 Å². The van der Waals surface area contributed by atoms with Gasteiger partial charge in [0.25, 0.3) is 0 Å². The molecule has 0 aliphatic carbocycles. The van der Waals surface area contributed by atoms with Gasteiger partial charge in [-0.25, -0.2) is 0 Å². The largest absolute Gasteiger partial charge is 0.373 e. The molecule has 1 aliphatic heterocycles. The second-order valence-electron chi connectivity index (χ2n) is 10.1. The average Bonchev–Trinajstić information content (AvgIpc) is 2.81. The van der Waals surface area contributed by atoms with Gasteiger partial charge in [0.1, 0.15) is 0 Å².